The van der Waals surface area contributed by atoms with Crippen molar-refractivity contribution in [2.45, 2.75) is 80.8 Å². The molecule has 4 aromatic carbocycles. The molecule has 2 heterocycles. The van der Waals surface area contributed by atoms with Gasteiger partial charge in [0.1, 0.15) is 18.5 Å². The van der Waals surface area contributed by atoms with E-state index in [-0.39, 0.29) is 11.8 Å². The SMILES string of the molecule is Cc1c2c(c(CC(C)(C)C)c3ccc(CC(C)C)cc13)Oc1cc3c(CC(C)(C)C(F)(F)F)cccc3c3cc[n+](C)c-2c13. The number of ether oxygens (including phenoxy) is 1. The standard InChI is InChI=1S/C39H43F3NO/c1-22(2)17-24-13-14-27-29(18-24)23(3)33-35-34-28(15-16-43(35)9)26-12-10-11-25(20-38(7,8)39(40,41)42)30(26)19-32(34)44-36(33)31(27)21-37(4,5)6/h10-16,18-19,22H,17,20-21H2,1-9H3/q+1. The third-order valence-corrected chi connectivity index (χ3v) is 9.22. The van der Waals surface area contributed by atoms with Crippen molar-refractivity contribution in [3.8, 4) is 22.8 Å². The second-order valence-corrected chi connectivity index (χ2v) is 15.1. The Morgan fingerprint density at radius 1 is 0.818 bits per heavy atom. The lowest BCUT2D eigenvalue weighted by molar-refractivity contribution is -0.659. The number of rotatable bonds is 5. The van der Waals surface area contributed by atoms with Crippen molar-refractivity contribution in [2.75, 3.05) is 0 Å². The highest BCUT2D eigenvalue weighted by molar-refractivity contribution is 6.16. The molecule has 44 heavy (non-hydrogen) atoms. The summed E-state index contributed by atoms with van der Waals surface area (Å²) >= 11 is 0. The Bertz CT molecular complexity index is 1960. The van der Waals surface area contributed by atoms with E-state index in [1.807, 2.05) is 24.3 Å². The summed E-state index contributed by atoms with van der Waals surface area (Å²) < 4.78 is 51.1. The number of pyridine rings is 1. The normalized spacial score (nSPS) is 13.7. The smallest absolute Gasteiger partial charge is 0.394 e. The number of nitrogens with zero attached hydrogens (tertiary/aromatic N) is 1. The molecule has 1 aromatic heterocycles. The van der Waals surface area contributed by atoms with Gasteiger partial charge in [-0.25, -0.2) is 4.57 Å². The molecule has 0 amide bonds. The summed E-state index contributed by atoms with van der Waals surface area (Å²) in [6, 6.07) is 16.7. The lowest BCUT2D eigenvalue weighted by Crippen LogP contribution is -2.34. The monoisotopic (exact) mass is 598 g/mol. The number of alkyl halides is 3. The van der Waals surface area contributed by atoms with Gasteiger partial charge in [-0.3, -0.25) is 0 Å². The first kappa shape index (κ1) is 30.4. The van der Waals surface area contributed by atoms with Crippen LogP contribution in [0.4, 0.5) is 13.2 Å². The molecule has 1 aliphatic heterocycles. The summed E-state index contributed by atoms with van der Waals surface area (Å²) in [6.07, 6.45) is -0.510. The zero-order valence-corrected chi connectivity index (χ0v) is 27.4. The van der Waals surface area contributed by atoms with Crippen LogP contribution >= 0.6 is 0 Å². The Hall–Kier alpha value is -3.60. The number of hydrogen-bond acceptors (Lipinski definition) is 1. The van der Waals surface area contributed by atoms with E-state index in [4.69, 9.17) is 4.74 Å². The maximum absolute atomic E-state index is 14.0. The highest BCUT2D eigenvalue weighted by atomic mass is 19.4. The molecule has 6 rings (SSSR count). The molecule has 0 radical (unpaired) electrons. The van der Waals surface area contributed by atoms with Crippen molar-refractivity contribution >= 4 is 32.3 Å². The van der Waals surface area contributed by atoms with E-state index in [1.54, 1.807) is 0 Å². The van der Waals surface area contributed by atoms with Crippen molar-refractivity contribution in [1.82, 2.24) is 0 Å². The van der Waals surface area contributed by atoms with Crippen LogP contribution in [0.3, 0.4) is 0 Å². The van der Waals surface area contributed by atoms with Gasteiger partial charge in [-0.1, -0.05) is 84.9 Å². The molecule has 0 atom stereocenters. The minimum absolute atomic E-state index is 0.00409. The molecule has 2 nitrogen and oxygen atoms in total. The summed E-state index contributed by atoms with van der Waals surface area (Å²) in [7, 11) is 2.07. The van der Waals surface area contributed by atoms with E-state index in [0.717, 1.165) is 51.4 Å². The van der Waals surface area contributed by atoms with E-state index < -0.39 is 11.6 Å². The first-order valence-electron chi connectivity index (χ1n) is 15.7. The molecule has 0 spiro atoms. The van der Waals surface area contributed by atoms with Crippen LogP contribution in [0.15, 0.2) is 54.7 Å². The summed E-state index contributed by atoms with van der Waals surface area (Å²) in [5.41, 5.74) is 4.71. The topological polar surface area (TPSA) is 13.1 Å². The summed E-state index contributed by atoms with van der Waals surface area (Å²) in [5, 5.41) is 6.21. The van der Waals surface area contributed by atoms with Gasteiger partial charge in [-0.2, -0.15) is 13.2 Å². The fraction of sp³-hybridized carbons (Fsp3) is 0.410. The number of benzene rings is 4. The van der Waals surface area contributed by atoms with E-state index in [0.29, 0.717) is 17.2 Å². The average molecular weight is 599 g/mol. The summed E-state index contributed by atoms with van der Waals surface area (Å²) in [6.45, 7) is 16.0. The molecule has 0 saturated heterocycles. The Labute approximate surface area is 258 Å². The van der Waals surface area contributed by atoms with E-state index in [1.165, 1.54) is 41.3 Å². The predicted octanol–water partition coefficient (Wildman–Crippen LogP) is 11.0. The number of hydrogen-bond donors (Lipinski definition) is 0. The lowest BCUT2D eigenvalue weighted by atomic mass is 9.80. The number of fused-ring (bicyclic) bond motifs is 5. The molecule has 0 fully saturated rings. The van der Waals surface area contributed by atoms with Crippen molar-refractivity contribution in [3.05, 3.63) is 77.0 Å². The second kappa shape index (κ2) is 10.2. The van der Waals surface area contributed by atoms with Crippen LogP contribution in [-0.4, -0.2) is 6.18 Å². The third kappa shape index (κ3) is 5.02. The minimum Gasteiger partial charge on any atom is -0.455 e. The van der Waals surface area contributed by atoms with Crippen LogP contribution in [0, 0.1) is 23.7 Å². The van der Waals surface area contributed by atoms with Crippen molar-refractivity contribution in [2.24, 2.45) is 23.8 Å². The Kier molecular flexibility index (Phi) is 7.07. The maximum atomic E-state index is 14.0. The Balaban J connectivity index is 1.69. The fourth-order valence-corrected chi connectivity index (χ4v) is 7.01. The van der Waals surface area contributed by atoms with E-state index in [9.17, 15) is 13.2 Å². The molecular weight excluding hydrogens is 555 g/mol. The van der Waals surface area contributed by atoms with E-state index >= 15 is 0 Å². The molecule has 0 N–H and O–H groups in total. The summed E-state index contributed by atoms with van der Waals surface area (Å²) in [4.78, 5) is 0. The highest BCUT2D eigenvalue weighted by Crippen LogP contribution is 2.53. The predicted molar refractivity (Wildman–Crippen MR) is 176 cm³/mol. The van der Waals surface area contributed by atoms with Crippen molar-refractivity contribution in [1.29, 1.82) is 0 Å². The zero-order chi connectivity index (χ0) is 31.9. The second-order valence-electron chi connectivity index (χ2n) is 15.1. The van der Waals surface area contributed by atoms with E-state index in [2.05, 4.69) is 83.6 Å². The van der Waals surface area contributed by atoms with Gasteiger partial charge < -0.3 is 4.74 Å². The molecule has 0 aliphatic carbocycles. The Morgan fingerprint density at radius 3 is 2.20 bits per heavy atom. The van der Waals surface area contributed by atoms with Gasteiger partial charge in [0.2, 0.25) is 5.69 Å². The number of aromatic nitrogens is 1. The van der Waals surface area contributed by atoms with Gasteiger partial charge >= 0.3 is 6.18 Å². The Morgan fingerprint density at radius 2 is 1.55 bits per heavy atom. The first-order chi connectivity index (χ1) is 20.5. The number of aryl methyl sites for hydroxylation is 2. The molecule has 5 aromatic rings. The molecular formula is C39H43F3NO+. The van der Waals surface area contributed by atoms with Gasteiger partial charge in [0, 0.05) is 17.0 Å². The number of halogens is 3. The minimum atomic E-state index is -4.31. The molecule has 0 saturated carbocycles. The molecule has 1 aliphatic rings. The maximum Gasteiger partial charge on any atom is 0.394 e. The highest BCUT2D eigenvalue weighted by Gasteiger charge is 2.47. The van der Waals surface area contributed by atoms with Gasteiger partial charge in [0.15, 0.2) is 6.20 Å². The quantitative estimate of drug-likeness (QED) is 0.142. The molecule has 0 bridgehead atoms. The summed E-state index contributed by atoms with van der Waals surface area (Å²) in [5.74, 6) is 2.12. The van der Waals surface area contributed by atoms with Crippen LogP contribution < -0.4 is 9.30 Å². The lowest BCUT2D eigenvalue weighted by Gasteiger charge is -2.30. The largest absolute Gasteiger partial charge is 0.455 e. The van der Waals surface area contributed by atoms with Crippen molar-refractivity contribution in [3.63, 3.8) is 0 Å². The van der Waals surface area contributed by atoms with Gasteiger partial charge in [-0.15, -0.1) is 0 Å². The van der Waals surface area contributed by atoms with Crippen LogP contribution in [0.25, 0.3) is 43.6 Å². The molecule has 5 heteroatoms. The van der Waals surface area contributed by atoms with Gasteiger partial charge in [0.05, 0.1) is 16.4 Å². The molecule has 230 valence electrons. The van der Waals surface area contributed by atoms with Crippen LogP contribution in [-0.2, 0) is 26.3 Å². The van der Waals surface area contributed by atoms with Crippen LogP contribution in [0.2, 0.25) is 0 Å². The third-order valence-electron chi connectivity index (χ3n) is 9.22. The first-order valence-corrected chi connectivity index (χ1v) is 15.7. The average Bonchev–Trinajstić information content (AvgIpc) is 2.90. The zero-order valence-electron chi connectivity index (χ0n) is 27.4. The van der Waals surface area contributed by atoms with Crippen molar-refractivity contribution < 1.29 is 22.5 Å². The fourth-order valence-electron chi connectivity index (χ4n) is 7.01. The van der Waals surface area contributed by atoms with Crippen LogP contribution in [0.1, 0.15) is 70.7 Å². The van der Waals surface area contributed by atoms with Gasteiger partial charge in [-0.05, 0) is 81.8 Å². The molecule has 0 unspecified atom stereocenters. The van der Waals surface area contributed by atoms with Gasteiger partial charge in [0.25, 0.3) is 0 Å². The van der Waals surface area contributed by atoms with Crippen LogP contribution in [0.5, 0.6) is 11.5 Å².